The molecule has 120 valence electrons. The van der Waals surface area contributed by atoms with Crippen LogP contribution in [-0.2, 0) is 11.2 Å². The van der Waals surface area contributed by atoms with E-state index in [0.29, 0.717) is 22.6 Å². The van der Waals surface area contributed by atoms with E-state index in [1.165, 1.54) is 17.3 Å². The van der Waals surface area contributed by atoms with Crippen LogP contribution >= 0.6 is 11.8 Å². The molecule has 0 radical (unpaired) electrons. The molecule has 0 saturated heterocycles. The smallest absolute Gasteiger partial charge is 0.232 e. The minimum atomic E-state index is -0.153. The van der Waals surface area contributed by atoms with Gasteiger partial charge in [-0.1, -0.05) is 55.4 Å². The lowest BCUT2D eigenvalue weighted by molar-refractivity contribution is 0.319. The quantitative estimate of drug-likeness (QED) is 0.680. The molecule has 23 heavy (non-hydrogen) atoms. The summed E-state index contributed by atoms with van der Waals surface area (Å²) < 4.78 is 7.00. The Morgan fingerprint density at radius 2 is 1.91 bits per heavy atom. The normalized spacial score (nSPS) is 11.8. The van der Waals surface area contributed by atoms with Crippen LogP contribution in [0.5, 0.6) is 0 Å². The molecule has 1 aromatic carbocycles. The topological polar surface area (TPSA) is 82.5 Å². The van der Waals surface area contributed by atoms with Crippen molar-refractivity contribution in [2.45, 2.75) is 44.0 Å². The lowest BCUT2D eigenvalue weighted by atomic mass is 9.97. The van der Waals surface area contributed by atoms with Crippen LogP contribution < -0.4 is 0 Å². The van der Waals surface area contributed by atoms with Crippen molar-refractivity contribution in [1.29, 1.82) is 0 Å². The van der Waals surface area contributed by atoms with Crippen LogP contribution in [0.1, 0.15) is 38.0 Å². The molecule has 0 spiro atoms. The van der Waals surface area contributed by atoms with E-state index in [2.05, 4.69) is 25.7 Å². The molecule has 0 unspecified atom stereocenters. The van der Waals surface area contributed by atoms with Crippen LogP contribution in [0.4, 0.5) is 0 Å². The summed E-state index contributed by atoms with van der Waals surface area (Å²) in [6.07, 6.45) is 0. The highest BCUT2D eigenvalue weighted by Crippen LogP contribution is 2.24. The Hall–Kier alpha value is -2.22. The number of hydrogen-bond donors (Lipinski definition) is 0. The van der Waals surface area contributed by atoms with Crippen molar-refractivity contribution in [2.24, 2.45) is 0 Å². The van der Waals surface area contributed by atoms with E-state index < -0.39 is 0 Å². The Kier molecular flexibility index (Phi) is 4.16. The fraction of sp³-hybridized carbons (Fsp3) is 0.400. The molecule has 2 heterocycles. The van der Waals surface area contributed by atoms with Crippen molar-refractivity contribution in [3.8, 4) is 5.69 Å². The molecular formula is C15H18N6OS. The molecule has 0 amide bonds. The van der Waals surface area contributed by atoms with Gasteiger partial charge in [0, 0.05) is 5.41 Å². The van der Waals surface area contributed by atoms with Crippen LogP contribution in [0.3, 0.4) is 0 Å². The number of nitrogens with zero attached hydrogens (tertiary/aromatic N) is 6. The Balaban J connectivity index is 1.73. The van der Waals surface area contributed by atoms with Crippen molar-refractivity contribution in [2.75, 3.05) is 0 Å². The third-order valence-electron chi connectivity index (χ3n) is 3.16. The zero-order valence-corrected chi connectivity index (χ0v) is 14.3. The predicted molar refractivity (Wildman–Crippen MR) is 86.5 cm³/mol. The van der Waals surface area contributed by atoms with Crippen molar-refractivity contribution >= 4 is 11.8 Å². The van der Waals surface area contributed by atoms with Gasteiger partial charge in [0.2, 0.25) is 11.0 Å². The first-order chi connectivity index (χ1) is 10.9. The molecule has 7 nitrogen and oxygen atoms in total. The largest absolute Gasteiger partial charge is 0.339 e. The van der Waals surface area contributed by atoms with Crippen LogP contribution in [-0.4, -0.2) is 30.3 Å². The third-order valence-corrected chi connectivity index (χ3v) is 4.07. The molecule has 0 aliphatic rings. The van der Waals surface area contributed by atoms with Crippen LogP contribution in [0.15, 0.2) is 33.9 Å². The molecular weight excluding hydrogens is 312 g/mol. The first kappa shape index (κ1) is 15.7. The Morgan fingerprint density at radius 3 is 2.57 bits per heavy atom. The van der Waals surface area contributed by atoms with Gasteiger partial charge in [-0.05, 0) is 29.5 Å². The van der Waals surface area contributed by atoms with Crippen LogP contribution in [0.25, 0.3) is 5.69 Å². The van der Waals surface area contributed by atoms with E-state index in [1.54, 1.807) is 4.68 Å². The minimum absolute atomic E-state index is 0.153. The van der Waals surface area contributed by atoms with Gasteiger partial charge in [0.05, 0.1) is 11.4 Å². The molecule has 0 aliphatic heterocycles. The van der Waals surface area contributed by atoms with Gasteiger partial charge in [0.25, 0.3) is 0 Å². The van der Waals surface area contributed by atoms with Gasteiger partial charge in [-0.3, -0.25) is 0 Å². The SMILES string of the molecule is Cc1ccc(-n2nnnc2SCc2noc(C(C)(C)C)n2)cc1. The summed E-state index contributed by atoms with van der Waals surface area (Å²) in [5, 5.41) is 16.6. The first-order valence-corrected chi connectivity index (χ1v) is 8.23. The van der Waals surface area contributed by atoms with Gasteiger partial charge in [-0.2, -0.15) is 9.67 Å². The fourth-order valence-corrected chi connectivity index (χ4v) is 2.60. The molecule has 0 N–H and O–H groups in total. The van der Waals surface area contributed by atoms with Crippen LogP contribution in [0, 0.1) is 6.92 Å². The van der Waals surface area contributed by atoms with Crippen LogP contribution in [0.2, 0.25) is 0 Å². The lowest BCUT2D eigenvalue weighted by Crippen LogP contribution is -2.11. The highest BCUT2D eigenvalue weighted by atomic mass is 32.2. The molecule has 3 rings (SSSR count). The summed E-state index contributed by atoms with van der Waals surface area (Å²) in [4.78, 5) is 4.42. The van der Waals surface area contributed by atoms with Crippen molar-refractivity contribution in [1.82, 2.24) is 30.3 Å². The average Bonchev–Trinajstić information content (AvgIpc) is 3.14. The Labute approximate surface area is 138 Å². The van der Waals surface area contributed by atoms with Crippen molar-refractivity contribution in [3.05, 3.63) is 41.5 Å². The second kappa shape index (κ2) is 6.11. The molecule has 0 atom stereocenters. The molecule has 3 aromatic rings. The van der Waals surface area contributed by atoms with Gasteiger partial charge in [-0.25, -0.2) is 0 Å². The maximum absolute atomic E-state index is 5.29. The second-order valence-corrected chi connectivity index (χ2v) is 7.21. The van der Waals surface area contributed by atoms with E-state index in [1.807, 2.05) is 52.0 Å². The Bertz CT molecular complexity index is 787. The minimum Gasteiger partial charge on any atom is -0.339 e. The monoisotopic (exact) mass is 330 g/mol. The molecule has 0 fully saturated rings. The number of benzene rings is 1. The maximum atomic E-state index is 5.29. The van der Waals surface area contributed by atoms with Gasteiger partial charge >= 0.3 is 0 Å². The lowest BCUT2D eigenvalue weighted by Gasteiger charge is -2.10. The summed E-state index contributed by atoms with van der Waals surface area (Å²) in [7, 11) is 0. The van der Waals surface area contributed by atoms with E-state index in [0.717, 1.165) is 5.69 Å². The predicted octanol–water partition coefficient (Wildman–Crippen LogP) is 2.94. The number of aromatic nitrogens is 6. The standard InChI is InChI=1S/C15H18N6OS/c1-10-5-7-11(8-6-10)21-14(17-19-20-21)23-9-12-16-13(22-18-12)15(2,3)4/h5-8H,9H2,1-4H3. The molecule has 0 bridgehead atoms. The van der Waals surface area contributed by atoms with E-state index in [4.69, 9.17) is 4.52 Å². The second-order valence-electron chi connectivity index (χ2n) is 6.26. The molecule has 2 aromatic heterocycles. The van der Waals surface area contributed by atoms with E-state index >= 15 is 0 Å². The number of aryl methyl sites for hydroxylation is 1. The maximum Gasteiger partial charge on any atom is 0.232 e. The summed E-state index contributed by atoms with van der Waals surface area (Å²) in [5.74, 6) is 1.82. The van der Waals surface area contributed by atoms with Gasteiger partial charge in [0.15, 0.2) is 5.82 Å². The van der Waals surface area contributed by atoms with E-state index in [-0.39, 0.29) is 5.41 Å². The Morgan fingerprint density at radius 1 is 1.17 bits per heavy atom. The third kappa shape index (κ3) is 3.58. The molecule has 0 aliphatic carbocycles. The zero-order valence-electron chi connectivity index (χ0n) is 13.5. The first-order valence-electron chi connectivity index (χ1n) is 7.25. The summed E-state index contributed by atoms with van der Waals surface area (Å²) in [6.45, 7) is 8.15. The number of hydrogen-bond acceptors (Lipinski definition) is 7. The fourth-order valence-electron chi connectivity index (χ4n) is 1.86. The number of rotatable bonds is 4. The molecule has 8 heteroatoms. The highest BCUT2D eigenvalue weighted by molar-refractivity contribution is 7.98. The highest BCUT2D eigenvalue weighted by Gasteiger charge is 2.22. The molecule has 0 saturated carbocycles. The van der Waals surface area contributed by atoms with Gasteiger partial charge in [0.1, 0.15) is 0 Å². The van der Waals surface area contributed by atoms with Gasteiger partial charge < -0.3 is 4.52 Å². The van der Waals surface area contributed by atoms with E-state index in [9.17, 15) is 0 Å². The number of thioether (sulfide) groups is 1. The average molecular weight is 330 g/mol. The summed E-state index contributed by atoms with van der Waals surface area (Å²) in [5.41, 5.74) is 1.96. The van der Waals surface area contributed by atoms with Crippen molar-refractivity contribution < 1.29 is 4.52 Å². The van der Waals surface area contributed by atoms with Gasteiger partial charge in [-0.15, -0.1) is 5.10 Å². The summed E-state index contributed by atoms with van der Waals surface area (Å²) >= 11 is 1.47. The number of tetrazole rings is 1. The zero-order chi connectivity index (χ0) is 16.4. The van der Waals surface area contributed by atoms with Crippen molar-refractivity contribution in [3.63, 3.8) is 0 Å². The summed E-state index contributed by atoms with van der Waals surface area (Å²) in [6, 6.07) is 8.03.